The van der Waals surface area contributed by atoms with Crippen molar-refractivity contribution in [3.8, 4) is 16.8 Å². The van der Waals surface area contributed by atoms with Gasteiger partial charge in [-0.3, -0.25) is 0 Å². The molecule has 345 valence electrons. The molecule has 0 fully saturated rings. The molecule has 0 saturated carbocycles. The summed E-state index contributed by atoms with van der Waals surface area (Å²) in [4.78, 5) is 2.33. The van der Waals surface area contributed by atoms with Gasteiger partial charge in [0.25, 0.3) is 0 Å². The highest BCUT2D eigenvalue weighted by molar-refractivity contribution is 7.25. The number of aromatic nitrogens is 1. The Labute approximate surface area is 420 Å². The molecule has 11 aromatic rings. The van der Waals surface area contributed by atoms with Crippen LogP contribution in [-0.2, 0) is 16.2 Å². The van der Waals surface area contributed by atoms with Crippen LogP contribution < -0.4 is 21.1 Å². The van der Waals surface area contributed by atoms with Gasteiger partial charge in [-0.05, 0) is 129 Å². The zero-order valence-electron chi connectivity index (χ0n) is 41.8. The zero-order valence-corrected chi connectivity index (χ0v) is 42.6. The number of furan rings is 1. The number of nitrogens with one attached hydrogen (secondary N) is 1. The summed E-state index contributed by atoms with van der Waals surface area (Å²) in [6, 6.07) is 52.3. The van der Waals surface area contributed by atoms with Crippen LogP contribution in [0.4, 0.5) is 17.1 Å². The Bertz CT molecular complexity index is 4170. The maximum Gasteiger partial charge on any atom is 0.197 e. The van der Waals surface area contributed by atoms with Gasteiger partial charge >= 0.3 is 0 Å². The number of hydrogen-bond donors (Lipinski definition) is 1. The van der Waals surface area contributed by atoms with E-state index in [0.717, 1.165) is 72.5 Å². The van der Waals surface area contributed by atoms with Crippen LogP contribution in [-0.4, -0.2) is 18.9 Å². The van der Waals surface area contributed by atoms with Crippen LogP contribution in [0.15, 0.2) is 157 Å². The van der Waals surface area contributed by atoms with Crippen LogP contribution in [0.5, 0.6) is 0 Å². The quantitative estimate of drug-likeness (QED) is 0.179. The second kappa shape index (κ2) is 14.6. The summed E-state index contributed by atoms with van der Waals surface area (Å²) in [7, 11) is 4.64. The molecule has 3 aromatic heterocycles. The van der Waals surface area contributed by atoms with Crippen molar-refractivity contribution in [1.82, 2.24) is 4.57 Å². The third-order valence-corrected chi connectivity index (χ3v) is 17.6. The third-order valence-electron chi connectivity index (χ3n) is 16.5. The molecule has 0 bridgehead atoms. The van der Waals surface area contributed by atoms with Crippen molar-refractivity contribution in [3.63, 3.8) is 0 Å². The highest BCUT2D eigenvalue weighted by atomic mass is 32.1. The Kier molecular flexibility index (Phi) is 8.79. The monoisotopic (exact) mass is 936 g/mol. The molecule has 0 unspecified atom stereocenters. The number of nitrogens with zero attached hydrogens (tertiary/aromatic N) is 2. The van der Waals surface area contributed by atoms with Gasteiger partial charge in [-0.1, -0.05) is 139 Å². The fourth-order valence-corrected chi connectivity index (χ4v) is 13.5. The number of hydrogen-bond acceptors (Lipinski definition) is 4. The lowest BCUT2D eigenvalue weighted by molar-refractivity contribution is 0.332. The molecule has 1 N–H and O–H groups in total. The summed E-state index contributed by atoms with van der Waals surface area (Å²) in [5.74, 6) is 0. The average Bonchev–Trinajstić information content (AvgIpc) is 4.01. The van der Waals surface area contributed by atoms with E-state index in [1.807, 2.05) is 11.3 Å². The molecule has 0 amide bonds. The summed E-state index contributed by atoms with van der Waals surface area (Å²) in [6.45, 7) is 21.3. The Balaban J connectivity index is 1.04. The number of thiophene rings is 1. The van der Waals surface area contributed by atoms with E-state index in [0.29, 0.717) is 0 Å². The van der Waals surface area contributed by atoms with Crippen LogP contribution in [0.3, 0.4) is 0 Å². The SMILES string of the molecule is C=C1C=C(c2ccccc2)N(C)c2cc3c(cc21)[B]c1c(-c2cc4c(cc2Nc2ccc(C(C)(C)C)cc2)sc2cc5c(cc24)C(C)(C)CCC5(C)C)ccc2c4cc5c(cc4n-3c12)oc1ccccc15. The summed E-state index contributed by atoms with van der Waals surface area (Å²) >= 11 is 1.93. The maximum absolute atomic E-state index is 6.64. The molecule has 14 rings (SSSR count). The van der Waals surface area contributed by atoms with Gasteiger partial charge in [0.15, 0.2) is 7.28 Å². The third kappa shape index (κ3) is 6.29. The molecule has 4 nitrogen and oxygen atoms in total. The van der Waals surface area contributed by atoms with Crippen molar-refractivity contribution in [2.45, 2.75) is 77.6 Å². The van der Waals surface area contributed by atoms with Gasteiger partial charge in [0, 0.05) is 94.2 Å². The maximum atomic E-state index is 6.64. The molecule has 1 radical (unpaired) electrons. The van der Waals surface area contributed by atoms with Crippen molar-refractivity contribution in [3.05, 3.63) is 180 Å². The lowest BCUT2D eigenvalue weighted by Crippen LogP contribution is -2.38. The van der Waals surface area contributed by atoms with Crippen LogP contribution in [0.2, 0.25) is 0 Å². The highest BCUT2D eigenvalue weighted by Gasteiger charge is 2.38. The summed E-state index contributed by atoms with van der Waals surface area (Å²) in [6.07, 6.45) is 4.61. The molecular weight excluding hydrogens is 882 g/mol. The van der Waals surface area contributed by atoms with Crippen molar-refractivity contribution < 1.29 is 4.42 Å². The number of rotatable bonds is 4. The standard InChI is InChI=1S/C65H55BN3OS/c1-36-27-53(37-15-11-10-12-16-37)68(9)54-34-56-51(31-43(36)54)66-61-41(23-24-42-45-29-46-40-17-13-14-18-57(40)70-58(46)35-55(45)69(56)62(42)61)44-28-47-48-30-49-50(65(7,8)26-25-64(49,5)6)32-59(48)71-60(47)33-52(44)67-39-21-19-38(20-22-39)63(2,3)4/h10-24,27-35,67H,1,25-26H2,2-9H3. The minimum absolute atomic E-state index is 0.0573. The van der Waals surface area contributed by atoms with Gasteiger partial charge in [0.1, 0.15) is 11.2 Å². The second-order valence-electron chi connectivity index (χ2n) is 22.9. The minimum atomic E-state index is 0.0573. The predicted octanol–water partition coefficient (Wildman–Crippen LogP) is 16.6. The van der Waals surface area contributed by atoms with Gasteiger partial charge in [-0.2, -0.15) is 0 Å². The molecule has 0 atom stereocenters. The van der Waals surface area contributed by atoms with E-state index in [-0.39, 0.29) is 16.2 Å². The van der Waals surface area contributed by atoms with E-state index < -0.39 is 0 Å². The summed E-state index contributed by atoms with van der Waals surface area (Å²) in [5, 5.41) is 11.4. The van der Waals surface area contributed by atoms with Crippen LogP contribution in [0.25, 0.3) is 92.0 Å². The number of benzene rings is 8. The Morgan fingerprint density at radius 1 is 0.634 bits per heavy atom. The molecule has 3 aliphatic rings. The van der Waals surface area contributed by atoms with E-state index in [4.69, 9.17) is 4.42 Å². The number of anilines is 3. The lowest BCUT2D eigenvalue weighted by atomic mass is 9.58. The first-order valence-electron chi connectivity index (χ1n) is 25.2. The molecular formula is C65H55BN3OS. The topological polar surface area (TPSA) is 33.3 Å². The smallest absolute Gasteiger partial charge is 0.197 e. The van der Waals surface area contributed by atoms with Crippen molar-refractivity contribution >= 4 is 122 Å². The number of para-hydroxylation sites is 1. The van der Waals surface area contributed by atoms with E-state index in [1.54, 1.807) is 0 Å². The molecule has 5 heterocycles. The normalized spacial score (nSPS) is 15.9. The largest absolute Gasteiger partial charge is 0.456 e. The predicted molar refractivity (Wildman–Crippen MR) is 307 cm³/mol. The van der Waals surface area contributed by atoms with Gasteiger partial charge in [0.05, 0.1) is 11.2 Å². The fourth-order valence-electron chi connectivity index (χ4n) is 12.3. The fraction of sp³-hybridized carbons (Fsp3) is 0.200. The first-order valence-corrected chi connectivity index (χ1v) is 26.0. The van der Waals surface area contributed by atoms with E-state index in [9.17, 15) is 0 Å². The molecule has 71 heavy (non-hydrogen) atoms. The van der Waals surface area contributed by atoms with Crippen molar-refractivity contribution in [2.75, 3.05) is 17.3 Å². The van der Waals surface area contributed by atoms with Crippen LogP contribution in [0.1, 0.15) is 89.1 Å². The first-order chi connectivity index (χ1) is 34.1. The van der Waals surface area contributed by atoms with Gasteiger partial charge in [-0.15, -0.1) is 11.3 Å². The zero-order chi connectivity index (χ0) is 48.5. The van der Waals surface area contributed by atoms with Gasteiger partial charge in [0.2, 0.25) is 0 Å². The Morgan fingerprint density at radius 2 is 1.35 bits per heavy atom. The van der Waals surface area contributed by atoms with E-state index in [1.165, 1.54) is 88.1 Å². The lowest BCUT2D eigenvalue weighted by Gasteiger charge is -2.41. The molecule has 0 spiro atoms. The second-order valence-corrected chi connectivity index (χ2v) is 24.0. The van der Waals surface area contributed by atoms with Gasteiger partial charge in [-0.25, -0.2) is 0 Å². The molecule has 2 aliphatic heterocycles. The first kappa shape index (κ1) is 42.6. The van der Waals surface area contributed by atoms with E-state index >= 15 is 0 Å². The molecule has 1 aliphatic carbocycles. The Hall–Kier alpha value is -7.28. The number of allylic oxidation sites excluding steroid dienone is 2. The summed E-state index contributed by atoms with van der Waals surface area (Å²) in [5.41, 5.74) is 22.3. The molecule has 6 heteroatoms. The van der Waals surface area contributed by atoms with Crippen LogP contribution >= 0.6 is 11.3 Å². The molecule has 8 aromatic carbocycles. The Morgan fingerprint density at radius 3 is 2.13 bits per heavy atom. The van der Waals surface area contributed by atoms with Crippen molar-refractivity contribution in [1.29, 1.82) is 0 Å². The number of fused-ring (bicyclic) bond motifs is 13. The summed E-state index contributed by atoms with van der Waals surface area (Å²) < 4.78 is 11.8. The average molecular weight is 937 g/mol. The van der Waals surface area contributed by atoms with E-state index in [2.05, 4.69) is 230 Å². The van der Waals surface area contributed by atoms with Crippen molar-refractivity contribution in [2.24, 2.45) is 0 Å². The van der Waals surface area contributed by atoms with Crippen LogP contribution in [0, 0.1) is 0 Å². The minimum Gasteiger partial charge on any atom is -0.456 e. The highest BCUT2D eigenvalue weighted by Crippen LogP contribution is 2.51. The molecule has 0 saturated heterocycles. The van der Waals surface area contributed by atoms with Gasteiger partial charge < -0.3 is 19.2 Å².